The summed E-state index contributed by atoms with van der Waals surface area (Å²) in [7, 11) is 1.58. The van der Waals surface area contributed by atoms with Gasteiger partial charge < -0.3 is 0 Å². The predicted octanol–water partition coefficient (Wildman–Crippen LogP) is 1.78. The maximum absolute atomic E-state index is 4.81. The van der Waals surface area contributed by atoms with Crippen molar-refractivity contribution in [2.45, 2.75) is 6.92 Å². The van der Waals surface area contributed by atoms with Gasteiger partial charge >= 0.3 is 0 Å². The highest BCUT2D eigenvalue weighted by Crippen LogP contribution is 2.07. The number of aromatic nitrogens is 3. The molecule has 17 heavy (non-hydrogen) atoms. The lowest BCUT2D eigenvalue weighted by atomic mass is 10.2. The second kappa shape index (κ2) is 5.27. The molecule has 0 amide bonds. The van der Waals surface area contributed by atoms with E-state index in [9.17, 15) is 0 Å². The van der Waals surface area contributed by atoms with Gasteiger partial charge in [-0.2, -0.15) is 5.10 Å². The molecule has 2 aromatic rings. The largest absolute Gasteiger partial charge is 0.280 e. The monoisotopic (exact) mass is 230 g/mol. The number of nitrogens with one attached hydrogen (secondary N) is 1. The second-order valence-electron chi connectivity index (χ2n) is 3.53. The zero-order valence-corrected chi connectivity index (χ0v) is 9.79. The van der Waals surface area contributed by atoms with Crippen LogP contribution in [0.4, 0.5) is 0 Å². The van der Waals surface area contributed by atoms with Gasteiger partial charge in [0.2, 0.25) is 0 Å². The van der Waals surface area contributed by atoms with Gasteiger partial charge in [-0.25, -0.2) is 9.67 Å². The third kappa shape index (κ3) is 2.92. The van der Waals surface area contributed by atoms with Gasteiger partial charge in [-0.1, -0.05) is 0 Å². The molecule has 0 aliphatic rings. The van der Waals surface area contributed by atoms with E-state index < -0.39 is 0 Å². The third-order valence-corrected chi connectivity index (χ3v) is 2.16. The molecular weight excluding hydrogens is 216 g/mol. The normalized spacial score (nSPS) is 11.5. The fraction of sp³-hybridized carbons (Fsp3) is 0.167. The molecule has 0 aliphatic carbocycles. The van der Waals surface area contributed by atoms with Crippen molar-refractivity contribution in [3.8, 4) is 5.82 Å². The molecule has 0 spiro atoms. The molecule has 0 saturated heterocycles. The molecule has 0 aromatic carbocycles. The standard InChI is InChI=1S/C12H14N4O/c1-10(15-17-2)8-11-4-5-12(13-9-11)16-7-3-6-14-16/h3-9,15H,1-2H3. The predicted molar refractivity (Wildman–Crippen MR) is 65.2 cm³/mol. The molecule has 2 heterocycles. The van der Waals surface area contributed by atoms with E-state index in [1.54, 1.807) is 24.2 Å². The topological polar surface area (TPSA) is 52.0 Å². The van der Waals surface area contributed by atoms with E-state index in [1.165, 1.54) is 0 Å². The Hall–Kier alpha value is -2.14. The lowest BCUT2D eigenvalue weighted by molar-refractivity contribution is 0.119. The second-order valence-corrected chi connectivity index (χ2v) is 3.53. The SMILES string of the molecule is CONC(C)=Cc1ccc(-n2cccn2)nc1. The number of nitrogens with zero attached hydrogens (tertiary/aromatic N) is 3. The average Bonchev–Trinajstić information content (AvgIpc) is 2.84. The maximum atomic E-state index is 4.81. The first-order valence-corrected chi connectivity index (χ1v) is 5.23. The van der Waals surface area contributed by atoms with E-state index in [0.29, 0.717) is 0 Å². The molecule has 5 heteroatoms. The molecule has 2 aromatic heterocycles. The summed E-state index contributed by atoms with van der Waals surface area (Å²) >= 11 is 0. The van der Waals surface area contributed by atoms with Crippen LogP contribution in [0.3, 0.4) is 0 Å². The van der Waals surface area contributed by atoms with Crippen LogP contribution in [-0.4, -0.2) is 21.9 Å². The van der Waals surface area contributed by atoms with Gasteiger partial charge in [-0.3, -0.25) is 10.3 Å². The highest BCUT2D eigenvalue weighted by molar-refractivity contribution is 5.51. The van der Waals surface area contributed by atoms with E-state index in [2.05, 4.69) is 15.6 Å². The Bertz CT molecular complexity index is 488. The van der Waals surface area contributed by atoms with Crippen molar-refractivity contribution in [2.75, 3.05) is 7.11 Å². The molecule has 0 aliphatic heterocycles. The lowest BCUT2D eigenvalue weighted by Gasteiger charge is -2.03. The zero-order chi connectivity index (χ0) is 12.1. The van der Waals surface area contributed by atoms with Gasteiger partial charge in [0.1, 0.15) is 0 Å². The van der Waals surface area contributed by atoms with Gasteiger partial charge in [0.25, 0.3) is 0 Å². The van der Waals surface area contributed by atoms with Crippen LogP contribution in [0.2, 0.25) is 0 Å². The average molecular weight is 230 g/mol. The minimum absolute atomic E-state index is 0.796. The molecule has 0 bridgehead atoms. The summed E-state index contributed by atoms with van der Waals surface area (Å²) in [4.78, 5) is 9.13. The van der Waals surface area contributed by atoms with Gasteiger partial charge in [0.05, 0.1) is 7.11 Å². The fourth-order valence-electron chi connectivity index (χ4n) is 1.46. The van der Waals surface area contributed by atoms with E-state index in [-0.39, 0.29) is 0 Å². The van der Waals surface area contributed by atoms with Crippen LogP contribution >= 0.6 is 0 Å². The van der Waals surface area contributed by atoms with E-state index in [0.717, 1.165) is 17.1 Å². The Balaban J connectivity index is 2.16. The number of hydroxylamine groups is 1. The van der Waals surface area contributed by atoms with Crippen molar-refractivity contribution >= 4 is 6.08 Å². The van der Waals surface area contributed by atoms with Gasteiger partial charge in [-0.15, -0.1) is 0 Å². The minimum Gasteiger partial charge on any atom is -0.280 e. The third-order valence-electron chi connectivity index (χ3n) is 2.16. The fourth-order valence-corrected chi connectivity index (χ4v) is 1.46. The Kier molecular flexibility index (Phi) is 3.52. The minimum atomic E-state index is 0.796. The van der Waals surface area contributed by atoms with Gasteiger partial charge in [-0.05, 0) is 36.8 Å². The quantitative estimate of drug-likeness (QED) is 0.813. The molecule has 2 rings (SSSR count). The molecule has 0 saturated carbocycles. The number of hydrogen-bond donors (Lipinski definition) is 1. The summed E-state index contributed by atoms with van der Waals surface area (Å²) in [6.45, 7) is 1.92. The Morgan fingerprint density at radius 1 is 1.47 bits per heavy atom. The molecule has 0 fully saturated rings. The van der Waals surface area contributed by atoms with Crippen LogP contribution < -0.4 is 5.48 Å². The van der Waals surface area contributed by atoms with Gasteiger partial charge in [0.15, 0.2) is 5.82 Å². The molecule has 0 unspecified atom stereocenters. The lowest BCUT2D eigenvalue weighted by Crippen LogP contribution is -2.07. The van der Waals surface area contributed by atoms with Crippen LogP contribution in [0.25, 0.3) is 11.9 Å². The zero-order valence-electron chi connectivity index (χ0n) is 9.79. The van der Waals surface area contributed by atoms with Crippen molar-refractivity contribution < 1.29 is 4.84 Å². The van der Waals surface area contributed by atoms with Crippen LogP contribution in [0.5, 0.6) is 0 Å². The van der Waals surface area contributed by atoms with Crippen molar-refractivity contribution in [1.82, 2.24) is 20.2 Å². The van der Waals surface area contributed by atoms with Crippen molar-refractivity contribution in [2.24, 2.45) is 0 Å². The first-order valence-electron chi connectivity index (χ1n) is 5.23. The summed E-state index contributed by atoms with van der Waals surface area (Å²) in [6, 6.07) is 5.76. The van der Waals surface area contributed by atoms with E-state index in [4.69, 9.17) is 4.84 Å². The molecular formula is C12H14N4O. The highest BCUT2D eigenvalue weighted by atomic mass is 16.6. The molecule has 5 nitrogen and oxygen atoms in total. The Labute approximate surface area is 99.7 Å². The van der Waals surface area contributed by atoms with Crippen LogP contribution in [-0.2, 0) is 4.84 Å². The summed E-state index contributed by atoms with van der Waals surface area (Å²) in [5, 5.41) is 4.11. The maximum Gasteiger partial charge on any atom is 0.153 e. The van der Waals surface area contributed by atoms with Crippen molar-refractivity contribution in [3.05, 3.63) is 48.1 Å². The van der Waals surface area contributed by atoms with Gasteiger partial charge in [0, 0.05) is 24.3 Å². The summed E-state index contributed by atoms with van der Waals surface area (Å²) in [5.74, 6) is 0.796. The smallest absolute Gasteiger partial charge is 0.153 e. The first kappa shape index (κ1) is 11.3. The first-order chi connectivity index (χ1) is 8.29. The summed E-state index contributed by atoms with van der Waals surface area (Å²) < 4.78 is 1.72. The molecule has 0 atom stereocenters. The van der Waals surface area contributed by atoms with Crippen molar-refractivity contribution in [3.63, 3.8) is 0 Å². The molecule has 1 N–H and O–H groups in total. The summed E-state index contributed by atoms with van der Waals surface area (Å²) in [6.07, 6.45) is 7.32. The van der Waals surface area contributed by atoms with Crippen LogP contribution in [0.1, 0.15) is 12.5 Å². The highest BCUT2D eigenvalue weighted by Gasteiger charge is 1.97. The summed E-state index contributed by atoms with van der Waals surface area (Å²) in [5.41, 5.74) is 4.67. The van der Waals surface area contributed by atoms with Crippen molar-refractivity contribution in [1.29, 1.82) is 0 Å². The molecule has 0 radical (unpaired) electrons. The van der Waals surface area contributed by atoms with E-state index in [1.807, 2.05) is 37.4 Å². The Morgan fingerprint density at radius 3 is 2.94 bits per heavy atom. The number of rotatable bonds is 4. The number of pyridine rings is 1. The number of hydrogen-bond acceptors (Lipinski definition) is 4. The Morgan fingerprint density at radius 2 is 2.35 bits per heavy atom. The van der Waals surface area contributed by atoms with E-state index >= 15 is 0 Å². The van der Waals surface area contributed by atoms with Crippen LogP contribution in [0, 0.1) is 0 Å². The number of allylic oxidation sites excluding steroid dienone is 1. The molecule has 88 valence electrons. The van der Waals surface area contributed by atoms with Crippen LogP contribution in [0.15, 0.2) is 42.5 Å².